The molecule has 1 heterocycles. The summed E-state index contributed by atoms with van der Waals surface area (Å²) < 4.78 is 0. The standard InChI is InChI=1S/C15H19ClN4O2S/c1-2-7-23-15-18-14(22)13(19-20-15)11-5-3-4-6-12(11)17-9-10(21)8-16/h3-6,10,17,21H,2,7-9H2,1H3,(H,18,20,22). The number of halogens is 1. The monoisotopic (exact) mass is 354 g/mol. The Kier molecular flexibility index (Phi) is 6.88. The van der Waals surface area contributed by atoms with E-state index in [0.29, 0.717) is 16.4 Å². The molecule has 8 heteroatoms. The molecular formula is C15H19ClN4O2S. The minimum Gasteiger partial charge on any atom is -0.390 e. The van der Waals surface area contributed by atoms with Gasteiger partial charge in [0.1, 0.15) is 0 Å². The van der Waals surface area contributed by atoms with E-state index in [1.807, 2.05) is 18.2 Å². The smallest absolute Gasteiger partial charge is 0.278 e. The van der Waals surface area contributed by atoms with Crippen LogP contribution in [0.5, 0.6) is 0 Å². The van der Waals surface area contributed by atoms with Crippen molar-refractivity contribution in [2.45, 2.75) is 24.6 Å². The zero-order chi connectivity index (χ0) is 16.7. The molecule has 124 valence electrons. The number of aromatic amines is 1. The van der Waals surface area contributed by atoms with Gasteiger partial charge in [-0.25, -0.2) is 0 Å². The third-order valence-electron chi connectivity index (χ3n) is 3.01. The van der Waals surface area contributed by atoms with Gasteiger partial charge >= 0.3 is 0 Å². The Bertz CT molecular complexity index is 695. The molecule has 1 unspecified atom stereocenters. The van der Waals surface area contributed by atoms with E-state index in [2.05, 4.69) is 27.4 Å². The molecular weight excluding hydrogens is 336 g/mol. The summed E-state index contributed by atoms with van der Waals surface area (Å²) in [6, 6.07) is 7.26. The lowest BCUT2D eigenvalue weighted by atomic mass is 10.1. The van der Waals surface area contributed by atoms with Crippen LogP contribution in [0.1, 0.15) is 13.3 Å². The molecule has 0 saturated heterocycles. The van der Waals surface area contributed by atoms with Gasteiger partial charge in [-0.1, -0.05) is 36.9 Å². The fourth-order valence-electron chi connectivity index (χ4n) is 1.89. The minimum absolute atomic E-state index is 0.138. The largest absolute Gasteiger partial charge is 0.390 e. The van der Waals surface area contributed by atoms with Gasteiger partial charge in [-0.05, 0) is 12.5 Å². The van der Waals surface area contributed by atoms with Crippen LogP contribution in [-0.4, -0.2) is 44.6 Å². The van der Waals surface area contributed by atoms with Crippen molar-refractivity contribution in [1.29, 1.82) is 0 Å². The van der Waals surface area contributed by atoms with Gasteiger partial charge in [0.2, 0.25) is 0 Å². The Hall–Kier alpha value is -1.57. The minimum atomic E-state index is -0.665. The average molecular weight is 355 g/mol. The molecule has 0 saturated carbocycles. The number of nitrogens with zero attached hydrogens (tertiary/aromatic N) is 2. The third-order valence-corrected chi connectivity index (χ3v) is 4.43. The molecule has 0 spiro atoms. The van der Waals surface area contributed by atoms with E-state index in [9.17, 15) is 9.90 Å². The highest BCUT2D eigenvalue weighted by Crippen LogP contribution is 2.24. The number of hydrogen-bond acceptors (Lipinski definition) is 6. The van der Waals surface area contributed by atoms with E-state index in [4.69, 9.17) is 11.6 Å². The number of hydrogen-bond donors (Lipinski definition) is 3. The SMILES string of the molecule is CCCSc1nnc(-c2ccccc2NCC(O)CCl)c(=O)[nH]1. The van der Waals surface area contributed by atoms with Crippen molar-refractivity contribution in [3.05, 3.63) is 34.6 Å². The van der Waals surface area contributed by atoms with Gasteiger partial charge in [-0.2, -0.15) is 0 Å². The molecule has 0 aliphatic heterocycles. The lowest BCUT2D eigenvalue weighted by molar-refractivity contribution is 0.211. The Balaban J connectivity index is 2.26. The molecule has 1 aromatic heterocycles. The molecule has 2 rings (SSSR count). The topological polar surface area (TPSA) is 90.9 Å². The molecule has 23 heavy (non-hydrogen) atoms. The zero-order valence-corrected chi connectivity index (χ0v) is 14.3. The van der Waals surface area contributed by atoms with Crippen molar-refractivity contribution in [2.75, 3.05) is 23.5 Å². The van der Waals surface area contributed by atoms with Crippen molar-refractivity contribution in [3.63, 3.8) is 0 Å². The number of benzene rings is 1. The van der Waals surface area contributed by atoms with Crippen LogP contribution in [-0.2, 0) is 0 Å². The number of H-pyrrole nitrogens is 1. The van der Waals surface area contributed by atoms with E-state index in [1.54, 1.807) is 6.07 Å². The number of anilines is 1. The zero-order valence-electron chi connectivity index (χ0n) is 12.8. The molecule has 0 radical (unpaired) electrons. The van der Waals surface area contributed by atoms with E-state index >= 15 is 0 Å². The first kappa shape index (κ1) is 17.8. The van der Waals surface area contributed by atoms with Crippen molar-refractivity contribution >= 4 is 29.1 Å². The van der Waals surface area contributed by atoms with Gasteiger partial charge in [0.15, 0.2) is 10.9 Å². The first-order valence-electron chi connectivity index (χ1n) is 7.32. The lowest BCUT2D eigenvalue weighted by Gasteiger charge is -2.13. The van der Waals surface area contributed by atoms with Crippen LogP contribution in [0.25, 0.3) is 11.3 Å². The van der Waals surface area contributed by atoms with Crippen LogP contribution in [0.3, 0.4) is 0 Å². The Morgan fingerprint density at radius 2 is 2.17 bits per heavy atom. The summed E-state index contributed by atoms with van der Waals surface area (Å²) in [6.07, 6.45) is 0.327. The molecule has 1 aromatic carbocycles. The number of alkyl halides is 1. The number of thioether (sulfide) groups is 1. The van der Waals surface area contributed by atoms with E-state index in [1.165, 1.54) is 11.8 Å². The van der Waals surface area contributed by atoms with Crippen molar-refractivity contribution < 1.29 is 5.11 Å². The van der Waals surface area contributed by atoms with Gasteiger partial charge in [-0.15, -0.1) is 21.8 Å². The van der Waals surface area contributed by atoms with Gasteiger partial charge < -0.3 is 10.4 Å². The molecule has 6 nitrogen and oxygen atoms in total. The summed E-state index contributed by atoms with van der Waals surface area (Å²) >= 11 is 7.06. The van der Waals surface area contributed by atoms with Crippen molar-refractivity contribution in [3.8, 4) is 11.3 Å². The fourth-order valence-corrected chi connectivity index (χ4v) is 2.66. The fraction of sp³-hybridized carbons (Fsp3) is 0.400. The van der Waals surface area contributed by atoms with Gasteiger partial charge in [0.05, 0.1) is 12.0 Å². The van der Waals surface area contributed by atoms with Crippen LogP contribution < -0.4 is 10.9 Å². The van der Waals surface area contributed by atoms with Crippen LogP contribution in [0.15, 0.2) is 34.2 Å². The summed E-state index contributed by atoms with van der Waals surface area (Å²) in [5.41, 5.74) is 1.29. The van der Waals surface area contributed by atoms with Crippen molar-refractivity contribution in [1.82, 2.24) is 15.2 Å². The Morgan fingerprint density at radius 1 is 1.39 bits per heavy atom. The summed E-state index contributed by atoms with van der Waals surface area (Å²) in [4.78, 5) is 15.0. The van der Waals surface area contributed by atoms with Crippen LogP contribution in [0.2, 0.25) is 0 Å². The quantitative estimate of drug-likeness (QED) is 0.498. The maximum Gasteiger partial charge on any atom is 0.278 e. The highest BCUT2D eigenvalue weighted by Gasteiger charge is 2.12. The number of rotatable bonds is 8. The van der Waals surface area contributed by atoms with Crippen LogP contribution >= 0.6 is 23.4 Å². The number of aliphatic hydroxyl groups is 1. The number of para-hydroxylation sites is 1. The van der Waals surface area contributed by atoms with Crippen molar-refractivity contribution in [2.24, 2.45) is 0 Å². The number of nitrogens with one attached hydrogen (secondary N) is 2. The second kappa shape index (κ2) is 8.90. The summed E-state index contributed by atoms with van der Waals surface area (Å²) in [7, 11) is 0. The number of aliphatic hydroxyl groups excluding tert-OH is 1. The molecule has 0 amide bonds. The summed E-state index contributed by atoms with van der Waals surface area (Å²) in [6.45, 7) is 2.35. The molecule has 2 aromatic rings. The molecule has 0 aliphatic rings. The average Bonchev–Trinajstić information content (AvgIpc) is 2.58. The first-order valence-corrected chi connectivity index (χ1v) is 8.84. The van der Waals surface area contributed by atoms with Gasteiger partial charge in [-0.3, -0.25) is 9.78 Å². The normalized spacial score (nSPS) is 12.1. The maximum atomic E-state index is 12.3. The summed E-state index contributed by atoms with van der Waals surface area (Å²) in [5, 5.41) is 21.3. The molecule has 1 atom stereocenters. The molecule has 0 bridgehead atoms. The predicted octanol–water partition coefficient (Wildman–Crippen LogP) is 2.35. The van der Waals surface area contributed by atoms with E-state index in [0.717, 1.165) is 12.2 Å². The van der Waals surface area contributed by atoms with E-state index < -0.39 is 6.10 Å². The second-order valence-electron chi connectivity index (χ2n) is 4.89. The molecule has 0 aliphatic carbocycles. The highest BCUT2D eigenvalue weighted by atomic mass is 35.5. The first-order chi connectivity index (χ1) is 11.2. The maximum absolute atomic E-state index is 12.3. The van der Waals surface area contributed by atoms with Gasteiger partial charge in [0, 0.05) is 23.5 Å². The number of aromatic nitrogens is 3. The van der Waals surface area contributed by atoms with Crippen LogP contribution in [0.4, 0.5) is 5.69 Å². The Morgan fingerprint density at radius 3 is 2.87 bits per heavy atom. The lowest BCUT2D eigenvalue weighted by Crippen LogP contribution is -2.21. The summed E-state index contributed by atoms with van der Waals surface area (Å²) in [5.74, 6) is 1.01. The van der Waals surface area contributed by atoms with E-state index in [-0.39, 0.29) is 23.7 Å². The predicted molar refractivity (Wildman–Crippen MR) is 94.3 cm³/mol. The second-order valence-corrected chi connectivity index (χ2v) is 6.28. The van der Waals surface area contributed by atoms with Crippen LogP contribution in [0, 0.1) is 0 Å². The highest BCUT2D eigenvalue weighted by molar-refractivity contribution is 7.99. The van der Waals surface area contributed by atoms with Gasteiger partial charge in [0.25, 0.3) is 5.56 Å². The molecule has 3 N–H and O–H groups in total. The Labute approximate surface area is 143 Å². The third kappa shape index (κ3) is 4.95. The molecule has 0 fully saturated rings.